The van der Waals surface area contributed by atoms with E-state index in [9.17, 15) is 0 Å². The summed E-state index contributed by atoms with van der Waals surface area (Å²) in [5.74, 6) is 5.45. The smallest absolute Gasteiger partial charge is 0.137 e. The maximum absolute atomic E-state index is 8.55. The monoisotopic (exact) mass is 172 g/mol. The number of imidazole rings is 1. The van der Waals surface area contributed by atoms with Gasteiger partial charge in [0, 0.05) is 12.4 Å². The third kappa shape index (κ3) is 1.40. The summed E-state index contributed by atoms with van der Waals surface area (Å²) in [5, 5.41) is 8.55. The lowest BCUT2D eigenvalue weighted by molar-refractivity contribution is 0.350. The van der Waals surface area contributed by atoms with E-state index in [1.807, 2.05) is 28.8 Å². The van der Waals surface area contributed by atoms with Crippen LogP contribution in [0.4, 0.5) is 0 Å². The molecule has 0 saturated heterocycles. The van der Waals surface area contributed by atoms with Crippen molar-refractivity contribution in [2.45, 2.75) is 0 Å². The fourth-order valence-corrected chi connectivity index (χ4v) is 1.18. The first-order chi connectivity index (χ1) is 6.42. The van der Waals surface area contributed by atoms with E-state index >= 15 is 0 Å². The molecule has 0 unspecified atom stereocenters. The summed E-state index contributed by atoms with van der Waals surface area (Å²) in [6.45, 7) is -0.120. The number of hydrogen-bond acceptors (Lipinski definition) is 2. The van der Waals surface area contributed by atoms with Crippen LogP contribution in [0.5, 0.6) is 0 Å². The summed E-state index contributed by atoms with van der Waals surface area (Å²) in [4.78, 5) is 4.12. The molecular weight excluding hydrogens is 164 g/mol. The molecule has 0 spiro atoms. The van der Waals surface area contributed by atoms with E-state index < -0.39 is 0 Å². The van der Waals surface area contributed by atoms with Crippen LogP contribution in [0.25, 0.3) is 5.65 Å². The van der Waals surface area contributed by atoms with E-state index in [2.05, 4.69) is 16.8 Å². The van der Waals surface area contributed by atoms with Gasteiger partial charge in [-0.25, -0.2) is 4.98 Å². The van der Waals surface area contributed by atoms with Crippen LogP contribution in [0.2, 0.25) is 0 Å². The number of aliphatic hydroxyl groups is 1. The van der Waals surface area contributed by atoms with E-state index in [4.69, 9.17) is 5.11 Å². The predicted octanol–water partition coefficient (Wildman–Crippen LogP) is 0.678. The zero-order valence-corrected chi connectivity index (χ0v) is 6.94. The first kappa shape index (κ1) is 7.84. The largest absolute Gasteiger partial charge is 0.384 e. The van der Waals surface area contributed by atoms with E-state index in [0.717, 1.165) is 11.3 Å². The Kier molecular flexibility index (Phi) is 1.99. The Labute approximate surface area is 75.7 Å². The summed E-state index contributed by atoms with van der Waals surface area (Å²) in [7, 11) is 0. The topological polar surface area (TPSA) is 37.5 Å². The molecule has 2 rings (SSSR count). The maximum Gasteiger partial charge on any atom is 0.137 e. The molecule has 3 nitrogen and oxygen atoms in total. The summed E-state index contributed by atoms with van der Waals surface area (Å²) >= 11 is 0. The number of pyridine rings is 1. The number of hydrogen-bond donors (Lipinski definition) is 1. The lowest BCUT2D eigenvalue weighted by Crippen LogP contribution is -1.89. The fourth-order valence-electron chi connectivity index (χ4n) is 1.18. The molecule has 2 aromatic rings. The molecular formula is C10H8N2O. The van der Waals surface area contributed by atoms with Gasteiger partial charge in [-0.05, 0) is 18.1 Å². The molecule has 0 bridgehead atoms. The Hall–Kier alpha value is -1.79. The van der Waals surface area contributed by atoms with Crippen molar-refractivity contribution < 1.29 is 5.11 Å². The zero-order chi connectivity index (χ0) is 9.10. The van der Waals surface area contributed by atoms with E-state index in [1.165, 1.54) is 0 Å². The molecule has 0 aliphatic rings. The number of aromatic nitrogens is 2. The van der Waals surface area contributed by atoms with Crippen molar-refractivity contribution in [2.24, 2.45) is 0 Å². The zero-order valence-electron chi connectivity index (χ0n) is 6.94. The molecule has 0 atom stereocenters. The molecule has 2 heterocycles. The van der Waals surface area contributed by atoms with E-state index in [1.54, 1.807) is 6.20 Å². The fraction of sp³-hybridized carbons (Fsp3) is 0.100. The van der Waals surface area contributed by atoms with Crippen LogP contribution in [-0.4, -0.2) is 21.1 Å². The maximum atomic E-state index is 8.55. The molecule has 0 aromatic carbocycles. The molecule has 2 aromatic heterocycles. The number of rotatable bonds is 0. The van der Waals surface area contributed by atoms with Crippen LogP contribution >= 0.6 is 0 Å². The molecule has 0 radical (unpaired) electrons. The van der Waals surface area contributed by atoms with Crippen molar-refractivity contribution in [3.63, 3.8) is 0 Å². The van der Waals surface area contributed by atoms with Crippen LogP contribution in [0.1, 0.15) is 5.69 Å². The summed E-state index contributed by atoms with van der Waals surface area (Å²) in [6.07, 6.45) is 3.57. The minimum absolute atomic E-state index is 0.120. The average molecular weight is 172 g/mol. The molecule has 0 aliphatic carbocycles. The molecule has 13 heavy (non-hydrogen) atoms. The Balaban J connectivity index is 2.61. The van der Waals surface area contributed by atoms with Gasteiger partial charge >= 0.3 is 0 Å². The first-order valence-electron chi connectivity index (χ1n) is 3.93. The highest BCUT2D eigenvalue weighted by atomic mass is 16.2. The molecule has 0 saturated carbocycles. The Bertz CT molecular complexity index is 476. The summed E-state index contributed by atoms with van der Waals surface area (Å²) < 4.78 is 1.88. The second-order valence-corrected chi connectivity index (χ2v) is 2.53. The van der Waals surface area contributed by atoms with Gasteiger partial charge < -0.3 is 5.11 Å². The van der Waals surface area contributed by atoms with Gasteiger partial charge in [0.1, 0.15) is 12.3 Å². The van der Waals surface area contributed by atoms with Crippen molar-refractivity contribution in [3.05, 3.63) is 36.3 Å². The van der Waals surface area contributed by atoms with Gasteiger partial charge in [-0.15, -0.1) is 0 Å². The molecule has 0 fully saturated rings. The summed E-state index contributed by atoms with van der Waals surface area (Å²) in [6, 6.07) is 5.69. The third-order valence-corrected chi connectivity index (χ3v) is 1.72. The minimum Gasteiger partial charge on any atom is -0.384 e. The third-order valence-electron chi connectivity index (χ3n) is 1.72. The normalized spacial score (nSPS) is 9.62. The van der Waals surface area contributed by atoms with Crippen LogP contribution in [0.15, 0.2) is 30.6 Å². The molecule has 1 N–H and O–H groups in total. The first-order valence-corrected chi connectivity index (χ1v) is 3.93. The van der Waals surface area contributed by atoms with Gasteiger partial charge in [0.2, 0.25) is 0 Å². The Morgan fingerprint density at radius 2 is 2.38 bits per heavy atom. The lowest BCUT2D eigenvalue weighted by Gasteiger charge is -1.95. The van der Waals surface area contributed by atoms with Crippen molar-refractivity contribution in [1.82, 2.24) is 9.38 Å². The Morgan fingerprint density at radius 1 is 1.46 bits per heavy atom. The average Bonchev–Trinajstić information content (AvgIpc) is 2.62. The molecule has 3 heteroatoms. The van der Waals surface area contributed by atoms with Crippen LogP contribution < -0.4 is 0 Å². The van der Waals surface area contributed by atoms with Gasteiger partial charge in [0.15, 0.2) is 0 Å². The van der Waals surface area contributed by atoms with Gasteiger partial charge in [0.25, 0.3) is 0 Å². The van der Waals surface area contributed by atoms with E-state index in [-0.39, 0.29) is 6.61 Å². The highest BCUT2D eigenvalue weighted by Crippen LogP contribution is 2.03. The highest BCUT2D eigenvalue weighted by molar-refractivity contribution is 5.44. The quantitative estimate of drug-likeness (QED) is 0.593. The van der Waals surface area contributed by atoms with Gasteiger partial charge in [0.05, 0.1) is 5.69 Å². The molecule has 64 valence electrons. The van der Waals surface area contributed by atoms with Crippen LogP contribution in [-0.2, 0) is 0 Å². The lowest BCUT2D eigenvalue weighted by atomic mass is 10.3. The number of fused-ring (bicyclic) bond motifs is 1. The number of aliphatic hydroxyl groups excluding tert-OH is 1. The second-order valence-electron chi connectivity index (χ2n) is 2.53. The second kappa shape index (κ2) is 3.30. The van der Waals surface area contributed by atoms with E-state index in [0.29, 0.717) is 0 Å². The van der Waals surface area contributed by atoms with Gasteiger partial charge in [-0.2, -0.15) is 0 Å². The predicted molar refractivity (Wildman–Crippen MR) is 49.2 cm³/mol. The van der Waals surface area contributed by atoms with Crippen molar-refractivity contribution in [3.8, 4) is 11.8 Å². The van der Waals surface area contributed by atoms with Gasteiger partial charge in [-0.1, -0.05) is 12.0 Å². The SMILES string of the molecule is OCC#Cc1cccc2nccn12. The highest BCUT2D eigenvalue weighted by Gasteiger charge is 1.95. The van der Waals surface area contributed by atoms with Crippen LogP contribution in [0.3, 0.4) is 0 Å². The minimum atomic E-state index is -0.120. The summed E-state index contributed by atoms with van der Waals surface area (Å²) in [5.41, 5.74) is 1.70. The van der Waals surface area contributed by atoms with Crippen molar-refractivity contribution >= 4 is 5.65 Å². The van der Waals surface area contributed by atoms with Gasteiger partial charge in [-0.3, -0.25) is 4.40 Å². The van der Waals surface area contributed by atoms with Crippen molar-refractivity contribution in [2.75, 3.05) is 6.61 Å². The van der Waals surface area contributed by atoms with Crippen molar-refractivity contribution in [1.29, 1.82) is 0 Å². The molecule has 0 aliphatic heterocycles. The van der Waals surface area contributed by atoms with Crippen LogP contribution in [0, 0.1) is 11.8 Å². The number of nitrogens with zero attached hydrogens (tertiary/aromatic N) is 2. The Morgan fingerprint density at radius 3 is 3.23 bits per heavy atom. The standard InChI is InChI=1S/C10H8N2O/c13-8-2-4-9-3-1-5-10-11-6-7-12(9)10/h1,3,5-7,13H,8H2. The molecule has 0 amide bonds.